The van der Waals surface area contributed by atoms with Crippen molar-refractivity contribution in [2.24, 2.45) is 5.92 Å². The lowest BCUT2D eigenvalue weighted by Gasteiger charge is -2.17. The highest BCUT2D eigenvalue weighted by atomic mass is 15.0. The van der Waals surface area contributed by atoms with Crippen molar-refractivity contribution in [3.05, 3.63) is 36.3 Å². The van der Waals surface area contributed by atoms with Gasteiger partial charge in [-0.15, -0.1) is 0 Å². The van der Waals surface area contributed by atoms with Crippen LogP contribution in [0.4, 0.5) is 0 Å². The van der Waals surface area contributed by atoms with Crippen molar-refractivity contribution in [1.29, 1.82) is 0 Å². The molecule has 16 heavy (non-hydrogen) atoms. The predicted octanol–water partition coefficient (Wildman–Crippen LogP) is 2.47. The molecule has 2 rings (SSSR count). The van der Waals surface area contributed by atoms with E-state index in [1.54, 1.807) is 0 Å². The Bertz CT molecular complexity index is 459. The highest BCUT2D eigenvalue weighted by Crippen LogP contribution is 2.07. The molecular weight excluding hydrogens is 198 g/mol. The van der Waals surface area contributed by atoms with Crippen LogP contribution in [0.25, 0.3) is 5.65 Å². The average molecular weight is 217 g/mol. The lowest BCUT2D eigenvalue weighted by Crippen LogP contribution is -2.30. The topological polar surface area (TPSA) is 29.3 Å². The summed E-state index contributed by atoms with van der Waals surface area (Å²) in [4.78, 5) is 4.36. The van der Waals surface area contributed by atoms with E-state index in [1.807, 2.05) is 24.4 Å². The zero-order valence-electron chi connectivity index (χ0n) is 10.1. The maximum absolute atomic E-state index is 4.36. The summed E-state index contributed by atoms with van der Waals surface area (Å²) in [5.41, 5.74) is 2.22. The highest BCUT2D eigenvalue weighted by molar-refractivity contribution is 5.39. The summed E-state index contributed by atoms with van der Waals surface area (Å²) >= 11 is 0. The predicted molar refractivity (Wildman–Crippen MR) is 66.3 cm³/mol. The SMILES string of the molecule is CC(C)C(C)NCc1cnc2ccccn12. The Labute approximate surface area is 96.5 Å². The first-order valence-corrected chi connectivity index (χ1v) is 5.83. The average Bonchev–Trinajstić information content (AvgIpc) is 2.69. The van der Waals surface area contributed by atoms with Gasteiger partial charge in [0.05, 0.1) is 11.9 Å². The van der Waals surface area contributed by atoms with E-state index in [2.05, 4.69) is 41.7 Å². The van der Waals surface area contributed by atoms with Gasteiger partial charge in [-0.1, -0.05) is 19.9 Å². The zero-order valence-corrected chi connectivity index (χ0v) is 10.1. The maximum Gasteiger partial charge on any atom is 0.136 e. The van der Waals surface area contributed by atoms with Crippen LogP contribution in [0.3, 0.4) is 0 Å². The smallest absolute Gasteiger partial charge is 0.136 e. The summed E-state index contributed by atoms with van der Waals surface area (Å²) in [5.74, 6) is 0.652. The quantitative estimate of drug-likeness (QED) is 0.852. The number of aromatic nitrogens is 2. The normalized spacial score (nSPS) is 13.5. The standard InChI is InChI=1S/C13H19N3/c1-10(2)11(3)14-8-12-9-15-13-6-4-5-7-16(12)13/h4-7,9-11,14H,8H2,1-3H3. The Kier molecular flexibility index (Phi) is 3.25. The molecule has 0 aromatic carbocycles. The molecule has 0 spiro atoms. The van der Waals surface area contributed by atoms with Crippen molar-refractivity contribution in [2.45, 2.75) is 33.4 Å². The van der Waals surface area contributed by atoms with Crippen LogP contribution >= 0.6 is 0 Å². The van der Waals surface area contributed by atoms with Crippen LogP contribution in [0.5, 0.6) is 0 Å². The van der Waals surface area contributed by atoms with Crippen LogP contribution in [0.2, 0.25) is 0 Å². The first kappa shape index (κ1) is 11.1. The molecule has 0 saturated heterocycles. The molecule has 0 aliphatic rings. The first-order chi connectivity index (χ1) is 7.68. The minimum atomic E-state index is 0.522. The number of nitrogens with one attached hydrogen (secondary N) is 1. The molecule has 1 unspecified atom stereocenters. The Morgan fingerprint density at radius 1 is 1.31 bits per heavy atom. The number of imidazole rings is 1. The van der Waals surface area contributed by atoms with E-state index in [1.165, 1.54) is 5.69 Å². The molecular formula is C13H19N3. The second kappa shape index (κ2) is 4.66. The van der Waals surface area contributed by atoms with Crippen LogP contribution in [-0.2, 0) is 6.54 Å². The molecule has 3 heteroatoms. The lowest BCUT2D eigenvalue weighted by atomic mass is 10.1. The van der Waals surface area contributed by atoms with Gasteiger partial charge in [-0.2, -0.15) is 0 Å². The van der Waals surface area contributed by atoms with Crippen LogP contribution in [0, 0.1) is 5.92 Å². The van der Waals surface area contributed by atoms with Crippen LogP contribution in [0.1, 0.15) is 26.5 Å². The molecule has 0 saturated carbocycles. The molecule has 0 aliphatic carbocycles. The van der Waals surface area contributed by atoms with Gasteiger partial charge in [0, 0.05) is 18.8 Å². The Hall–Kier alpha value is -1.35. The van der Waals surface area contributed by atoms with Gasteiger partial charge in [-0.25, -0.2) is 4.98 Å². The van der Waals surface area contributed by atoms with Gasteiger partial charge in [0.1, 0.15) is 5.65 Å². The van der Waals surface area contributed by atoms with Crippen LogP contribution in [0.15, 0.2) is 30.6 Å². The van der Waals surface area contributed by atoms with Gasteiger partial charge >= 0.3 is 0 Å². The number of rotatable bonds is 4. The zero-order chi connectivity index (χ0) is 11.5. The third kappa shape index (κ3) is 2.25. The molecule has 1 N–H and O–H groups in total. The molecule has 2 heterocycles. The first-order valence-electron chi connectivity index (χ1n) is 5.83. The summed E-state index contributed by atoms with van der Waals surface area (Å²) in [6, 6.07) is 6.59. The van der Waals surface area contributed by atoms with E-state index in [9.17, 15) is 0 Å². The van der Waals surface area contributed by atoms with Crippen molar-refractivity contribution in [1.82, 2.24) is 14.7 Å². The van der Waals surface area contributed by atoms with Crippen molar-refractivity contribution in [3.8, 4) is 0 Å². The highest BCUT2D eigenvalue weighted by Gasteiger charge is 2.07. The van der Waals surface area contributed by atoms with Crippen molar-refractivity contribution < 1.29 is 0 Å². The largest absolute Gasteiger partial charge is 0.308 e. The fraction of sp³-hybridized carbons (Fsp3) is 0.462. The number of nitrogens with zero attached hydrogens (tertiary/aromatic N) is 2. The van der Waals surface area contributed by atoms with Crippen LogP contribution in [-0.4, -0.2) is 15.4 Å². The molecule has 2 aromatic rings. The summed E-state index contributed by atoms with van der Waals surface area (Å²) in [6.07, 6.45) is 3.99. The molecule has 0 aliphatic heterocycles. The summed E-state index contributed by atoms with van der Waals surface area (Å²) in [6.45, 7) is 7.54. The fourth-order valence-corrected chi connectivity index (χ4v) is 1.62. The van der Waals surface area contributed by atoms with E-state index in [0.29, 0.717) is 12.0 Å². The van der Waals surface area contributed by atoms with Crippen molar-refractivity contribution in [2.75, 3.05) is 0 Å². The molecule has 2 aromatic heterocycles. The van der Waals surface area contributed by atoms with Gasteiger partial charge in [0.2, 0.25) is 0 Å². The second-order valence-electron chi connectivity index (χ2n) is 4.59. The van der Waals surface area contributed by atoms with E-state index in [-0.39, 0.29) is 0 Å². The number of hydrogen-bond acceptors (Lipinski definition) is 2. The Morgan fingerprint density at radius 3 is 2.88 bits per heavy atom. The van der Waals surface area contributed by atoms with Gasteiger partial charge in [-0.3, -0.25) is 0 Å². The molecule has 0 radical (unpaired) electrons. The van der Waals surface area contributed by atoms with E-state index in [0.717, 1.165) is 12.2 Å². The molecule has 0 bridgehead atoms. The third-order valence-electron chi connectivity index (χ3n) is 3.10. The number of pyridine rings is 1. The molecule has 0 amide bonds. The van der Waals surface area contributed by atoms with E-state index < -0.39 is 0 Å². The lowest BCUT2D eigenvalue weighted by molar-refractivity contribution is 0.423. The minimum absolute atomic E-state index is 0.522. The number of fused-ring (bicyclic) bond motifs is 1. The van der Waals surface area contributed by atoms with Crippen molar-refractivity contribution >= 4 is 5.65 Å². The van der Waals surface area contributed by atoms with Crippen molar-refractivity contribution in [3.63, 3.8) is 0 Å². The van der Waals surface area contributed by atoms with Crippen LogP contribution < -0.4 is 5.32 Å². The molecule has 1 atom stereocenters. The van der Waals surface area contributed by atoms with Gasteiger partial charge in [0.25, 0.3) is 0 Å². The van der Waals surface area contributed by atoms with Gasteiger partial charge in [0.15, 0.2) is 0 Å². The Balaban J connectivity index is 2.10. The Morgan fingerprint density at radius 2 is 2.12 bits per heavy atom. The summed E-state index contributed by atoms with van der Waals surface area (Å²) < 4.78 is 2.13. The minimum Gasteiger partial charge on any atom is -0.308 e. The summed E-state index contributed by atoms with van der Waals surface area (Å²) in [5, 5.41) is 3.52. The third-order valence-corrected chi connectivity index (χ3v) is 3.10. The second-order valence-corrected chi connectivity index (χ2v) is 4.59. The van der Waals surface area contributed by atoms with Gasteiger partial charge < -0.3 is 9.72 Å². The molecule has 86 valence electrons. The maximum atomic E-state index is 4.36. The van der Waals surface area contributed by atoms with E-state index in [4.69, 9.17) is 0 Å². The molecule has 3 nitrogen and oxygen atoms in total. The fourth-order valence-electron chi connectivity index (χ4n) is 1.62. The summed E-state index contributed by atoms with van der Waals surface area (Å²) in [7, 11) is 0. The van der Waals surface area contributed by atoms with E-state index >= 15 is 0 Å². The number of hydrogen-bond donors (Lipinski definition) is 1. The monoisotopic (exact) mass is 217 g/mol. The molecule has 0 fully saturated rings. The van der Waals surface area contributed by atoms with Gasteiger partial charge in [-0.05, 0) is 25.0 Å².